The number of fused-ring (bicyclic) bond motifs is 1. The highest BCUT2D eigenvalue weighted by Crippen LogP contribution is 2.28. The van der Waals surface area contributed by atoms with Crippen LogP contribution in [0, 0.1) is 11.6 Å². The Morgan fingerprint density at radius 3 is 1.86 bits per heavy atom. The zero-order chi connectivity index (χ0) is 19.5. The molecule has 0 saturated carbocycles. The van der Waals surface area contributed by atoms with Crippen molar-refractivity contribution in [3.8, 4) is 22.3 Å². The van der Waals surface area contributed by atoms with Gasteiger partial charge in [0.15, 0.2) is 11.6 Å². The molecular weight excluding hydrogens is 350 g/mol. The molecular formula is C26H20F2. The normalized spacial score (nSPS) is 10.9. The molecule has 0 fully saturated rings. The third kappa shape index (κ3) is 3.72. The topological polar surface area (TPSA) is 0 Å². The molecule has 28 heavy (non-hydrogen) atoms. The van der Waals surface area contributed by atoms with Crippen LogP contribution in [0.25, 0.3) is 33.0 Å². The minimum absolute atomic E-state index is 0.663. The summed E-state index contributed by atoms with van der Waals surface area (Å²) in [5.74, 6) is -1.66. The van der Waals surface area contributed by atoms with Crippen molar-refractivity contribution in [1.82, 2.24) is 0 Å². The predicted octanol–water partition coefficient (Wildman–Crippen LogP) is 7.57. The van der Waals surface area contributed by atoms with Gasteiger partial charge in [-0.2, -0.15) is 0 Å². The van der Waals surface area contributed by atoms with E-state index in [-0.39, 0.29) is 0 Å². The molecule has 0 saturated heterocycles. The number of hydrogen-bond acceptors (Lipinski definition) is 0. The molecule has 0 nitrogen and oxygen atoms in total. The van der Waals surface area contributed by atoms with E-state index in [1.807, 2.05) is 30.3 Å². The van der Waals surface area contributed by atoms with Gasteiger partial charge in [-0.15, -0.1) is 6.58 Å². The number of halogens is 2. The Morgan fingerprint density at radius 1 is 0.607 bits per heavy atom. The fourth-order valence-corrected chi connectivity index (χ4v) is 3.43. The molecule has 0 N–H and O–H groups in total. The maximum atomic E-state index is 13.5. The molecule has 0 spiro atoms. The molecule has 0 atom stereocenters. The number of rotatable bonds is 5. The molecule has 0 unspecified atom stereocenters. The van der Waals surface area contributed by atoms with Gasteiger partial charge in [0.2, 0.25) is 0 Å². The molecule has 0 aliphatic rings. The van der Waals surface area contributed by atoms with Gasteiger partial charge in [-0.1, -0.05) is 66.7 Å². The Bertz CT molecular complexity index is 1140. The van der Waals surface area contributed by atoms with Gasteiger partial charge in [-0.3, -0.25) is 0 Å². The molecule has 0 heterocycles. The van der Waals surface area contributed by atoms with Gasteiger partial charge < -0.3 is 0 Å². The number of hydrogen-bond donors (Lipinski definition) is 0. The van der Waals surface area contributed by atoms with Crippen LogP contribution in [0.2, 0.25) is 0 Å². The van der Waals surface area contributed by atoms with Crippen LogP contribution < -0.4 is 0 Å². The molecule has 4 aromatic rings. The molecule has 0 bridgehead atoms. The zero-order valence-electron chi connectivity index (χ0n) is 15.5. The standard InChI is InChI=1S/C26H20F2/c1-2-3-4-18-5-6-23-16-22(12-11-21(23)15-18)19-7-9-20(10-8-19)24-13-14-25(27)26(28)17-24/h2,5-17H,1,3-4H2. The lowest BCUT2D eigenvalue weighted by Gasteiger charge is -2.08. The number of aryl methyl sites for hydroxylation is 1. The van der Waals surface area contributed by atoms with Crippen molar-refractivity contribution < 1.29 is 8.78 Å². The van der Waals surface area contributed by atoms with Crippen LogP contribution in [-0.4, -0.2) is 0 Å². The van der Waals surface area contributed by atoms with Crippen LogP contribution in [0.4, 0.5) is 8.78 Å². The minimum atomic E-state index is -0.830. The summed E-state index contributed by atoms with van der Waals surface area (Å²) in [6.45, 7) is 3.78. The minimum Gasteiger partial charge on any atom is -0.204 e. The lowest BCUT2D eigenvalue weighted by Crippen LogP contribution is -1.86. The lowest BCUT2D eigenvalue weighted by atomic mass is 9.97. The van der Waals surface area contributed by atoms with Gasteiger partial charge in [0.05, 0.1) is 0 Å². The molecule has 0 aliphatic heterocycles. The Hall–Kier alpha value is -3.26. The number of benzene rings is 4. The highest BCUT2D eigenvalue weighted by Gasteiger charge is 2.06. The molecule has 0 amide bonds. The fourth-order valence-electron chi connectivity index (χ4n) is 3.43. The van der Waals surface area contributed by atoms with Crippen molar-refractivity contribution in [2.75, 3.05) is 0 Å². The Balaban J connectivity index is 1.62. The van der Waals surface area contributed by atoms with E-state index in [1.165, 1.54) is 22.4 Å². The molecule has 4 aromatic carbocycles. The van der Waals surface area contributed by atoms with Gasteiger partial charge in [0, 0.05) is 0 Å². The van der Waals surface area contributed by atoms with Crippen molar-refractivity contribution in [2.45, 2.75) is 12.8 Å². The SMILES string of the molecule is C=CCCc1ccc2cc(-c3ccc(-c4ccc(F)c(F)c4)cc3)ccc2c1. The monoisotopic (exact) mass is 370 g/mol. The van der Waals surface area contributed by atoms with E-state index in [2.05, 4.69) is 43.0 Å². The van der Waals surface area contributed by atoms with Crippen LogP contribution >= 0.6 is 0 Å². The summed E-state index contributed by atoms with van der Waals surface area (Å²) in [6.07, 6.45) is 3.93. The summed E-state index contributed by atoms with van der Waals surface area (Å²) in [6, 6.07) is 24.9. The predicted molar refractivity (Wildman–Crippen MR) is 113 cm³/mol. The first kappa shape index (κ1) is 18.1. The van der Waals surface area contributed by atoms with E-state index in [9.17, 15) is 8.78 Å². The van der Waals surface area contributed by atoms with Gasteiger partial charge in [-0.05, 0) is 69.6 Å². The van der Waals surface area contributed by atoms with Gasteiger partial charge in [0.25, 0.3) is 0 Å². The molecule has 4 rings (SSSR count). The molecule has 138 valence electrons. The van der Waals surface area contributed by atoms with Gasteiger partial charge in [-0.25, -0.2) is 8.78 Å². The summed E-state index contributed by atoms with van der Waals surface area (Å²) in [4.78, 5) is 0. The quantitative estimate of drug-likeness (QED) is 0.318. The van der Waals surface area contributed by atoms with Crippen molar-refractivity contribution in [3.63, 3.8) is 0 Å². The molecule has 2 heteroatoms. The third-order valence-corrected chi connectivity index (χ3v) is 5.01. The van der Waals surface area contributed by atoms with E-state index in [4.69, 9.17) is 0 Å². The van der Waals surface area contributed by atoms with Crippen LogP contribution in [0.1, 0.15) is 12.0 Å². The zero-order valence-corrected chi connectivity index (χ0v) is 15.5. The first-order valence-corrected chi connectivity index (χ1v) is 9.33. The Kier molecular flexibility index (Phi) is 5.03. The molecule has 0 aliphatic carbocycles. The summed E-state index contributed by atoms with van der Waals surface area (Å²) in [5.41, 5.74) is 5.05. The van der Waals surface area contributed by atoms with E-state index < -0.39 is 11.6 Å². The van der Waals surface area contributed by atoms with E-state index in [0.29, 0.717) is 5.56 Å². The van der Waals surface area contributed by atoms with Crippen molar-refractivity contribution in [1.29, 1.82) is 0 Å². The average Bonchev–Trinajstić information content (AvgIpc) is 2.74. The molecule has 0 aromatic heterocycles. The maximum Gasteiger partial charge on any atom is 0.159 e. The third-order valence-electron chi connectivity index (χ3n) is 5.01. The summed E-state index contributed by atoms with van der Waals surface area (Å²) in [5, 5.41) is 2.42. The second kappa shape index (κ2) is 7.77. The first-order valence-electron chi connectivity index (χ1n) is 9.33. The highest BCUT2D eigenvalue weighted by molar-refractivity contribution is 5.88. The fraction of sp³-hybridized carbons (Fsp3) is 0.0769. The van der Waals surface area contributed by atoms with Crippen LogP contribution in [0.15, 0.2) is 91.5 Å². The second-order valence-corrected chi connectivity index (χ2v) is 6.93. The van der Waals surface area contributed by atoms with Crippen molar-refractivity contribution in [2.24, 2.45) is 0 Å². The number of allylic oxidation sites excluding steroid dienone is 1. The lowest BCUT2D eigenvalue weighted by molar-refractivity contribution is 0.509. The van der Waals surface area contributed by atoms with E-state index >= 15 is 0 Å². The smallest absolute Gasteiger partial charge is 0.159 e. The van der Waals surface area contributed by atoms with Crippen LogP contribution in [0.3, 0.4) is 0 Å². The van der Waals surface area contributed by atoms with Gasteiger partial charge in [0.1, 0.15) is 0 Å². The Labute approximate surface area is 163 Å². The Morgan fingerprint density at radius 2 is 1.18 bits per heavy atom. The highest BCUT2D eigenvalue weighted by atomic mass is 19.2. The van der Waals surface area contributed by atoms with Crippen LogP contribution in [0.5, 0.6) is 0 Å². The van der Waals surface area contributed by atoms with E-state index in [0.717, 1.165) is 35.6 Å². The van der Waals surface area contributed by atoms with Crippen molar-refractivity contribution >= 4 is 10.8 Å². The van der Waals surface area contributed by atoms with Crippen LogP contribution in [-0.2, 0) is 6.42 Å². The van der Waals surface area contributed by atoms with E-state index in [1.54, 1.807) is 6.07 Å². The molecule has 0 radical (unpaired) electrons. The average molecular weight is 370 g/mol. The second-order valence-electron chi connectivity index (χ2n) is 6.93. The maximum absolute atomic E-state index is 13.5. The van der Waals surface area contributed by atoms with Crippen molar-refractivity contribution in [3.05, 3.63) is 109 Å². The summed E-state index contributed by atoms with van der Waals surface area (Å²) in [7, 11) is 0. The largest absolute Gasteiger partial charge is 0.204 e. The first-order chi connectivity index (χ1) is 13.6. The summed E-state index contributed by atoms with van der Waals surface area (Å²) < 4.78 is 26.6. The van der Waals surface area contributed by atoms with Gasteiger partial charge >= 0.3 is 0 Å². The summed E-state index contributed by atoms with van der Waals surface area (Å²) >= 11 is 0.